The Morgan fingerprint density at radius 3 is 2.96 bits per heavy atom. The van der Waals surface area contributed by atoms with Crippen LogP contribution in [-0.4, -0.2) is 39.1 Å². The Balaban J connectivity index is 1.42. The average molecular weight is 341 g/mol. The summed E-state index contributed by atoms with van der Waals surface area (Å²) in [6.07, 6.45) is 6.46. The molecular weight excluding hydrogens is 318 g/mol. The first-order valence-electron chi connectivity index (χ1n) is 8.99. The monoisotopic (exact) mass is 341 g/mol. The number of hydrogen-bond donors (Lipinski definition) is 3. The van der Waals surface area contributed by atoms with Crippen molar-refractivity contribution in [2.45, 2.75) is 44.6 Å². The number of piperidine rings is 1. The Morgan fingerprint density at radius 2 is 2.12 bits per heavy atom. The molecule has 132 valence electrons. The van der Waals surface area contributed by atoms with Crippen LogP contribution >= 0.6 is 0 Å². The number of aryl methyl sites for hydroxylation is 2. The van der Waals surface area contributed by atoms with Gasteiger partial charge in [0.25, 0.3) is 0 Å². The van der Waals surface area contributed by atoms with Crippen molar-refractivity contribution >= 4 is 11.6 Å². The summed E-state index contributed by atoms with van der Waals surface area (Å²) in [4.78, 5) is 28.7. The van der Waals surface area contributed by atoms with Gasteiger partial charge in [0, 0.05) is 5.69 Å². The van der Waals surface area contributed by atoms with E-state index in [1.807, 2.05) is 6.07 Å². The Bertz CT molecular complexity index is 825. The second kappa shape index (κ2) is 6.84. The number of carbonyl (C=O) groups excluding carboxylic acids is 1. The predicted octanol–water partition coefficient (Wildman–Crippen LogP) is 1.75. The molecular formula is C18H23N5O2. The third-order valence-corrected chi connectivity index (χ3v) is 5.18. The maximum absolute atomic E-state index is 12.5. The maximum Gasteiger partial charge on any atom is 0.340 e. The van der Waals surface area contributed by atoms with Crippen molar-refractivity contribution in [2.75, 3.05) is 18.4 Å². The van der Waals surface area contributed by atoms with E-state index < -0.39 is 0 Å². The van der Waals surface area contributed by atoms with E-state index in [4.69, 9.17) is 0 Å². The van der Waals surface area contributed by atoms with E-state index in [9.17, 15) is 9.59 Å². The number of nitrogens with zero attached hydrogens (tertiary/aromatic N) is 2. The summed E-state index contributed by atoms with van der Waals surface area (Å²) in [6.45, 7) is 1.13. The van der Waals surface area contributed by atoms with E-state index in [-0.39, 0.29) is 17.6 Å². The Kier molecular flexibility index (Phi) is 4.40. The van der Waals surface area contributed by atoms with Crippen LogP contribution in [0.5, 0.6) is 0 Å². The number of rotatable bonds is 4. The summed E-state index contributed by atoms with van der Waals surface area (Å²) in [5.74, 6) is 0.595. The fourth-order valence-electron chi connectivity index (χ4n) is 3.97. The van der Waals surface area contributed by atoms with Gasteiger partial charge in [0.15, 0.2) is 0 Å². The van der Waals surface area contributed by atoms with Crippen LogP contribution < -0.4 is 11.0 Å². The number of likely N-dealkylation sites (tertiary alicyclic amines) is 1. The van der Waals surface area contributed by atoms with Crippen LogP contribution in [-0.2, 0) is 17.6 Å². The normalized spacial score (nSPS) is 20.4. The molecule has 7 nitrogen and oxygen atoms in total. The highest BCUT2D eigenvalue weighted by Crippen LogP contribution is 2.28. The van der Waals surface area contributed by atoms with Gasteiger partial charge in [-0.3, -0.25) is 14.7 Å². The highest BCUT2D eigenvalue weighted by atomic mass is 16.2. The van der Waals surface area contributed by atoms with Gasteiger partial charge in [-0.1, -0.05) is 12.5 Å². The quantitative estimate of drug-likeness (QED) is 0.790. The zero-order valence-corrected chi connectivity index (χ0v) is 14.2. The number of benzene rings is 1. The van der Waals surface area contributed by atoms with Crippen molar-refractivity contribution in [3.63, 3.8) is 0 Å². The first-order valence-corrected chi connectivity index (χ1v) is 8.99. The van der Waals surface area contributed by atoms with Gasteiger partial charge < -0.3 is 5.32 Å². The second-order valence-electron chi connectivity index (χ2n) is 6.93. The molecule has 7 heteroatoms. The molecule has 3 N–H and O–H groups in total. The lowest BCUT2D eigenvalue weighted by Crippen LogP contribution is -2.39. The third-order valence-electron chi connectivity index (χ3n) is 5.18. The molecule has 2 heterocycles. The SMILES string of the molecule is O=C(CN1CCCCC1c1n[nH]c(=O)[nH]1)Nc1ccc2c(c1)CCC2. The molecule has 1 aromatic carbocycles. The minimum Gasteiger partial charge on any atom is -0.325 e. The number of fused-ring (bicyclic) bond motifs is 1. The number of nitrogens with one attached hydrogen (secondary N) is 3. The number of anilines is 1. The number of aromatic nitrogens is 3. The first kappa shape index (κ1) is 16.1. The van der Waals surface area contributed by atoms with E-state index in [1.54, 1.807) is 0 Å². The van der Waals surface area contributed by atoms with E-state index in [0.717, 1.165) is 44.3 Å². The van der Waals surface area contributed by atoms with Crippen molar-refractivity contribution < 1.29 is 4.79 Å². The minimum atomic E-state index is -0.303. The van der Waals surface area contributed by atoms with Crippen molar-refractivity contribution in [3.05, 3.63) is 45.6 Å². The number of H-pyrrole nitrogens is 2. The molecule has 4 rings (SSSR count). The van der Waals surface area contributed by atoms with Gasteiger partial charge in [-0.2, -0.15) is 5.10 Å². The molecule has 1 aromatic heterocycles. The molecule has 0 saturated carbocycles. The zero-order chi connectivity index (χ0) is 17.2. The highest BCUT2D eigenvalue weighted by molar-refractivity contribution is 5.92. The minimum absolute atomic E-state index is 0.0153. The van der Waals surface area contributed by atoms with Crippen LogP contribution in [0.2, 0.25) is 0 Å². The van der Waals surface area contributed by atoms with Gasteiger partial charge in [-0.15, -0.1) is 0 Å². The standard InChI is InChI=1S/C18H23N5O2/c24-16(19-14-8-7-12-4-3-5-13(12)10-14)11-23-9-2-1-6-15(23)17-20-18(25)22-21-17/h7-8,10,15H,1-6,9,11H2,(H,19,24)(H2,20,21,22,25). The molecule has 1 fully saturated rings. The molecule has 25 heavy (non-hydrogen) atoms. The van der Waals surface area contributed by atoms with Gasteiger partial charge in [0.2, 0.25) is 5.91 Å². The molecule has 1 atom stereocenters. The smallest absolute Gasteiger partial charge is 0.325 e. The molecule has 1 unspecified atom stereocenters. The van der Waals surface area contributed by atoms with Crippen molar-refractivity contribution in [1.82, 2.24) is 20.1 Å². The highest BCUT2D eigenvalue weighted by Gasteiger charge is 2.28. The first-order chi connectivity index (χ1) is 12.2. The predicted molar refractivity (Wildman–Crippen MR) is 94.5 cm³/mol. The lowest BCUT2D eigenvalue weighted by molar-refractivity contribution is -0.118. The summed E-state index contributed by atoms with van der Waals surface area (Å²) in [6, 6.07) is 6.19. The molecule has 0 bridgehead atoms. The fraction of sp³-hybridized carbons (Fsp3) is 0.500. The molecule has 0 spiro atoms. The lowest BCUT2D eigenvalue weighted by atomic mass is 10.0. The van der Waals surface area contributed by atoms with Gasteiger partial charge in [-0.05, 0) is 61.9 Å². The van der Waals surface area contributed by atoms with E-state index in [1.165, 1.54) is 17.5 Å². The molecule has 1 aliphatic carbocycles. The average Bonchev–Trinajstić information content (AvgIpc) is 3.23. The van der Waals surface area contributed by atoms with Crippen LogP contribution in [0.15, 0.2) is 23.0 Å². The van der Waals surface area contributed by atoms with Gasteiger partial charge >= 0.3 is 5.69 Å². The third kappa shape index (κ3) is 3.51. The molecule has 1 aliphatic heterocycles. The van der Waals surface area contributed by atoms with Crippen LogP contribution in [0.3, 0.4) is 0 Å². The molecule has 2 aliphatic rings. The van der Waals surface area contributed by atoms with E-state index in [0.29, 0.717) is 12.4 Å². The fourth-order valence-corrected chi connectivity index (χ4v) is 3.97. The largest absolute Gasteiger partial charge is 0.340 e. The van der Waals surface area contributed by atoms with Crippen molar-refractivity contribution in [2.24, 2.45) is 0 Å². The number of amides is 1. The van der Waals surface area contributed by atoms with E-state index in [2.05, 4.69) is 37.5 Å². The van der Waals surface area contributed by atoms with Crippen LogP contribution in [0.25, 0.3) is 0 Å². The number of carbonyl (C=O) groups is 1. The number of hydrogen-bond acceptors (Lipinski definition) is 4. The Hall–Kier alpha value is -2.41. The van der Waals surface area contributed by atoms with Gasteiger partial charge in [0.05, 0.1) is 12.6 Å². The van der Waals surface area contributed by atoms with Crippen molar-refractivity contribution in [3.8, 4) is 0 Å². The van der Waals surface area contributed by atoms with Crippen LogP contribution in [0.1, 0.15) is 48.7 Å². The van der Waals surface area contributed by atoms with Crippen LogP contribution in [0.4, 0.5) is 5.69 Å². The summed E-state index contributed by atoms with van der Waals surface area (Å²) >= 11 is 0. The summed E-state index contributed by atoms with van der Waals surface area (Å²) in [7, 11) is 0. The topological polar surface area (TPSA) is 93.9 Å². The molecule has 1 saturated heterocycles. The molecule has 0 radical (unpaired) electrons. The Morgan fingerprint density at radius 1 is 1.24 bits per heavy atom. The summed E-state index contributed by atoms with van der Waals surface area (Å²) in [5, 5.41) is 9.48. The van der Waals surface area contributed by atoms with Crippen molar-refractivity contribution in [1.29, 1.82) is 0 Å². The lowest BCUT2D eigenvalue weighted by Gasteiger charge is -2.33. The Labute approximate surface area is 145 Å². The van der Waals surface area contributed by atoms with Gasteiger partial charge in [0.1, 0.15) is 5.82 Å². The summed E-state index contributed by atoms with van der Waals surface area (Å²) < 4.78 is 0. The van der Waals surface area contributed by atoms with Crippen LogP contribution in [0, 0.1) is 0 Å². The zero-order valence-electron chi connectivity index (χ0n) is 14.2. The second-order valence-corrected chi connectivity index (χ2v) is 6.93. The maximum atomic E-state index is 12.5. The van der Waals surface area contributed by atoms with E-state index >= 15 is 0 Å². The molecule has 2 aromatic rings. The van der Waals surface area contributed by atoms with Gasteiger partial charge in [-0.25, -0.2) is 9.89 Å². The summed E-state index contributed by atoms with van der Waals surface area (Å²) in [5.41, 5.74) is 3.31. The molecule has 1 amide bonds. The number of aromatic amines is 2.